The first-order chi connectivity index (χ1) is 7.27. The summed E-state index contributed by atoms with van der Waals surface area (Å²) in [4.78, 5) is 8.60. The van der Waals surface area contributed by atoms with Crippen molar-refractivity contribution in [2.24, 2.45) is 5.73 Å². The Hall–Kier alpha value is -1.42. The Morgan fingerprint density at radius 2 is 2.27 bits per heavy atom. The van der Waals surface area contributed by atoms with Crippen LogP contribution in [0.15, 0.2) is 18.5 Å². The highest BCUT2D eigenvalue weighted by Gasteiger charge is 2.14. The van der Waals surface area contributed by atoms with Crippen molar-refractivity contribution in [2.45, 2.75) is 32.9 Å². The first kappa shape index (κ1) is 10.1. The number of nitrogens with zero attached hydrogens (tertiary/aromatic N) is 3. The maximum Gasteiger partial charge on any atom is 0.126 e. The van der Waals surface area contributed by atoms with E-state index in [1.807, 2.05) is 6.07 Å². The van der Waals surface area contributed by atoms with Gasteiger partial charge < -0.3 is 10.3 Å². The van der Waals surface area contributed by atoms with Gasteiger partial charge in [0, 0.05) is 12.7 Å². The van der Waals surface area contributed by atoms with Crippen LogP contribution in [0.4, 0.5) is 0 Å². The van der Waals surface area contributed by atoms with Gasteiger partial charge in [0.2, 0.25) is 0 Å². The van der Waals surface area contributed by atoms with Gasteiger partial charge >= 0.3 is 0 Å². The monoisotopic (exact) mass is 204 g/mol. The summed E-state index contributed by atoms with van der Waals surface area (Å²) in [7, 11) is 0. The third kappa shape index (κ3) is 1.61. The molecule has 2 rings (SSSR count). The quantitative estimate of drug-likeness (QED) is 0.830. The van der Waals surface area contributed by atoms with Gasteiger partial charge in [-0.3, -0.25) is 4.98 Å². The summed E-state index contributed by atoms with van der Waals surface area (Å²) in [6, 6.07) is 2.00. The molecule has 0 aliphatic carbocycles. The Bertz CT molecular complexity index is 461. The minimum absolute atomic E-state index is 0.0114. The minimum Gasteiger partial charge on any atom is -0.327 e. The normalized spacial score (nSPS) is 13.3. The molecule has 0 fully saturated rings. The van der Waals surface area contributed by atoms with Gasteiger partial charge in [0.25, 0.3) is 0 Å². The van der Waals surface area contributed by atoms with Crippen LogP contribution in [0, 0.1) is 0 Å². The zero-order valence-corrected chi connectivity index (χ0v) is 9.14. The van der Waals surface area contributed by atoms with Crippen LogP contribution >= 0.6 is 0 Å². The molecule has 1 atom stereocenters. The number of hydrogen-bond donors (Lipinski definition) is 1. The van der Waals surface area contributed by atoms with Gasteiger partial charge in [-0.2, -0.15) is 0 Å². The molecule has 0 spiro atoms. The molecule has 2 aromatic rings. The van der Waals surface area contributed by atoms with Crippen molar-refractivity contribution < 1.29 is 0 Å². The second-order valence-corrected chi connectivity index (χ2v) is 3.59. The molecule has 0 radical (unpaired) electrons. The second kappa shape index (κ2) is 3.98. The lowest BCUT2D eigenvalue weighted by Gasteiger charge is -2.10. The smallest absolute Gasteiger partial charge is 0.126 e. The molecule has 4 nitrogen and oxygen atoms in total. The summed E-state index contributed by atoms with van der Waals surface area (Å²) < 4.78 is 2.16. The first-order valence-electron chi connectivity index (χ1n) is 5.33. The van der Waals surface area contributed by atoms with Crippen LogP contribution in [0.3, 0.4) is 0 Å². The van der Waals surface area contributed by atoms with E-state index >= 15 is 0 Å². The van der Waals surface area contributed by atoms with Crippen LogP contribution < -0.4 is 5.73 Å². The van der Waals surface area contributed by atoms with Crippen LogP contribution in [-0.4, -0.2) is 14.5 Å². The van der Waals surface area contributed by atoms with Crippen molar-refractivity contribution in [2.75, 3.05) is 0 Å². The molecule has 2 N–H and O–H groups in total. The summed E-state index contributed by atoms with van der Waals surface area (Å²) in [5, 5.41) is 0. The summed E-state index contributed by atoms with van der Waals surface area (Å²) in [6.45, 7) is 5.07. The largest absolute Gasteiger partial charge is 0.327 e. The van der Waals surface area contributed by atoms with Crippen LogP contribution in [0.1, 0.15) is 32.1 Å². The highest BCUT2D eigenvalue weighted by atomic mass is 15.1. The third-order valence-electron chi connectivity index (χ3n) is 2.67. The van der Waals surface area contributed by atoms with Crippen LogP contribution in [0.25, 0.3) is 11.0 Å². The van der Waals surface area contributed by atoms with E-state index in [0.29, 0.717) is 0 Å². The Labute approximate surface area is 89.1 Å². The molecule has 1 unspecified atom stereocenters. The molecule has 15 heavy (non-hydrogen) atoms. The molecule has 0 bridgehead atoms. The Kier molecular flexibility index (Phi) is 2.68. The van der Waals surface area contributed by atoms with Crippen molar-refractivity contribution in [1.82, 2.24) is 14.5 Å². The zero-order valence-electron chi connectivity index (χ0n) is 9.14. The molecule has 0 aliphatic heterocycles. The average molecular weight is 204 g/mol. The molecule has 0 amide bonds. The first-order valence-corrected chi connectivity index (χ1v) is 5.33. The van der Waals surface area contributed by atoms with Gasteiger partial charge in [0.05, 0.1) is 17.8 Å². The molecule has 0 saturated carbocycles. The van der Waals surface area contributed by atoms with Gasteiger partial charge in [-0.15, -0.1) is 0 Å². The minimum atomic E-state index is 0.0114. The van der Waals surface area contributed by atoms with E-state index in [-0.39, 0.29) is 6.04 Å². The number of nitrogens with two attached hydrogens (primary N) is 1. The summed E-state index contributed by atoms with van der Waals surface area (Å²) in [5.41, 5.74) is 8.08. The molecule has 4 heteroatoms. The molecular formula is C11H16N4. The summed E-state index contributed by atoms with van der Waals surface area (Å²) >= 11 is 0. The number of pyridine rings is 1. The van der Waals surface area contributed by atoms with Gasteiger partial charge in [0.1, 0.15) is 11.3 Å². The summed E-state index contributed by atoms with van der Waals surface area (Å²) in [6.07, 6.45) is 4.47. The number of imidazole rings is 1. The Morgan fingerprint density at radius 3 is 2.93 bits per heavy atom. The van der Waals surface area contributed by atoms with Crippen molar-refractivity contribution in [1.29, 1.82) is 0 Å². The number of aromatic nitrogens is 3. The molecule has 0 saturated heterocycles. The highest BCUT2D eigenvalue weighted by Crippen LogP contribution is 2.20. The van der Waals surface area contributed by atoms with E-state index in [0.717, 1.165) is 29.8 Å². The fourth-order valence-corrected chi connectivity index (χ4v) is 1.80. The SMILES string of the molecule is CCC(N)c1nc2cnccc2n1CC. The number of aryl methyl sites for hydroxylation is 1. The van der Waals surface area contributed by atoms with Crippen LogP contribution in [0.5, 0.6) is 0 Å². The summed E-state index contributed by atoms with van der Waals surface area (Å²) in [5.74, 6) is 0.961. The number of fused-ring (bicyclic) bond motifs is 1. The highest BCUT2D eigenvalue weighted by molar-refractivity contribution is 5.74. The molecular weight excluding hydrogens is 188 g/mol. The van der Waals surface area contributed by atoms with E-state index in [2.05, 4.69) is 28.4 Å². The molecule has 0 aromatic carbocycles. The fraction of sp³-hybridized carbons (Fsp3) is 0.455. The standard InChI is InChI=1S/C11H16N4/c1-3-8(12)11-14-9-7-13-6-5-10(9)15(11)4-2/h5-8H,3-4,12H2,1-2H3. The van der Waals surface area contributed by atoms with Crippen molar-refractivity contribution >= 4 is 11.0 Å². The van der Waals surface area contributed by atoms with Crippen molar-refractivity contribution in [3.05, 3.63) is 24.3 Å². The second-order valence-electron chi connectivity index (χ2n) is 3.59. The van der Waals surface area contributed by atoms with Crippen LogP contribution in [-0.2, 0) is 6.54 Å². The zero-order chi connectivity index (χ0) is 10.8. The van der Waals surface area contributed by atoms with Gasteiger partial charge in [-0.05, 0) is 19.4 Å². The molecule has 0 aliphatic rings. The lowest BCUT2D eigenvalue weighted by Crippen LogP contribution is -2.15. The van der Waals surface area contributed by atoms with Gasteiger partial charge in [-0.1, -0.05) is 6.92 Å². The van der Waals surface area contributed by atoms with E-state index in [1.165, 1.54) is 0 Å². The van der Waals surface area contributed by atoms with E-state index in [9.17, 15) is 0 Å². The van der Waals surface area contributed by atoms with Gasteiger partial charge in [0.15, 0.2) is 0 Å². The fourth-order valence-electron chi connectivity index (χ4n) is 1.80. The lowest BCUT2D eigenvalue weighted by atomic mass is 10.2. The van der Waals surface area contributed by atoms with E-state index < -0.39 is 0 Å². The maximum absolute atomic E-state index is 6.03. The Balaban J connectivity index is 2.63. The average Bonchev–Trinajstić information content (AvgIpc) is 2.66. The third-order valence-corrected chi connectivity index (χ3v) is 2.67. The van der Waals surface area contributed by atoms with E-state index in [1.54, 1.807) is 12.4 Å². The van der Waals surface area contributed by atoms with Crippen molar-refractivity contribution in [3.63, 3.8) is 0 Å². The van der Waals surface area contributed by atoms with Gasteiger partial charge in [-0.25, -0.2) is 4.98 Å². The number of rotatable bonds is 3. The molecule has 2 aromatic heterocycles. The van der Waals surface area contributed by atoms with E-state index in [4.69, 9.17) is 5.73 Å². The molecule has 2 heterocycles. The lowest BCUT2D eigenvalue weighted by molar-refractivity contribution is 0.597. The predicted molar refractivity (Wildman–Crippen MR) is 60.4 cm³/mol. The van der Waals surface area contributed by atoms with Crippen molar-refractivity contribution in [3.8, 4) is 0 Å². The maximum atomic E-state index is 6.03. The Morgan fingerprint density at radius 1 is 1.47 bits per heavy atom. The molecule has 80 valence electrons. The predicted octanol–water partition coefficient (Wildman–Crippen LogP) is 1.86. The number of hydrogen-bond acceptors (Lipinski definition) is 3. The topological polar surface area (TPSA) is 56.7 Å². The van der Waals surface area contributed by atoms with Crippen LogP contribution in [0.2, 0.25) is 0 Å².